The van der Waals surface area contributed by atoms with Gasteiger partial charge < -0.3 is 19.5 Å². The first-order valence-electron chi connectivity index (χ1n) is 9.30. The molecule has 0 heterocycles. The molecule has 0 saturated heterocycles. The summed E-state index contributed by atoms with van der Waals surface area (Å²) in [6.45, 7) is 4.28. The van der Waals surface area contributed by atoms with E-state index in [0.717, 1.165) is 23.3 Å². The van der Waals surface area contributed by atoms with Gasteiger partial charge in [-0.15, -0.1) is 0 Å². The fourth-order valence-corrected chi connectivity index (χ4v) is 2.69. The molecule has 0 radical (unpaired) electrons. The number of carboxylic acids is 1. The number of hydrogen-bond acceptors (Lipinski definition) is 4. The molecule has 0 bridgehead atoms. The lowest BCUT2D eigenvalue weighted by atomic mass is 9.98. The van der Waals surface area contributed by atoms with Gasteiger partial charge in [0.05, 0.1) is 0 Å². The number of hydrogen-bond donors (Lipinski definition) is 1. The average molecular weight is 385 g/mol. The molecule has 0 aromatic heterocycles. The quantitative estimate of drug-likeness (QED) is 0.675. The van der Waals surface area contributed by atoms with Gasteiger partial charge in [0.15, 0.2) is 13.2 Å². The van der Waals surface area contributed by atoms with E-state index >= 15 is 0 Å². The smallest absolute Gasteiger partial charge is 0.341 e. The summed E-state index contributed by atoms with van der Waals surface area (Å²) >= 11 is 0. The second-order valence-electron chi connectivity index (χ2n) is 6.71. The van der Waals surface area contributed by atoms with Crippen molar-refractivity contribution in [2.45, 2.75) is 32.7 Å². The molecule has 150 valence electrons. The van der Waals surface area contributed by atoms with E-state index in [2.05, 4.69) is 13.8 Å². The van der Waals surface area contributed by atoms with E-state index in [9.17, 15) is 9.59 Å². The molecule has 2 rings (SSSR count). The first kappa shape index (κ1) is 21.3. The monoisotopic (exact) mass is 385 g/mol. The number of amides is 1. The summed E-state index contributed by atoms with van der Waals surface area (Å²) in [6.07, 6.45) is 1.00. The van der Waals surface area contributed by atoms with Crippen LogP contribution in [0.2, 0.25) is 0 Å². The van der Waals surface area contributed by atoms with Gasteiger partial charge in [0.25, 0.3) is 5.91 Å². The number of likely N-dealkylation sites (N-methyl/N-ethyl adjacent to an activating group) is 1. The van der Waals surface area contributed by atoms with Crippen molar-refractivity contribution in [1.29, 1.82) is 0 Å². The van der Waals surface area contributed by atoms with Crippen LogP contribution >= 0.6 is 0 Å². The molecule has 1 amide bonds. The molecule has 1 atom stereocenters. The van der Waals surface area contributed by atoms with Crippen molar-refractivity contribution in [2.75, 3.05) is 20.3 Å². The predicted octanol–water partition coefficient (Wildman–Crippen LogP) is 3.70. The van der Waals surface area contributed by atoms with Gasteiger partial charge in [-0.1, -0.05) is 44.2 Å². The zero-order chi connectivity index (χ0) is 20.5. The van der Waals surface area contributed by atoms with Crippen LogP contribution in [0.4, 0.5) is 0 Å². The van der Waals surface area contributed by atoms with E-state index in [1.807, 2.05) is 24.3 Å². The van der Waals surface area contributed by atoms with Gasteiger partial charge in [-0.05, 0) is 41.7 Å². The summed E-state index contributed by atoms with van der Waals surface area (Å²) in [5.41, 5.74) is 2.02. The first-order valence-corrected chi connectivity index (χ1v) is 9.30. The summed E-state index contributed by atoms with van der Waals surface area (Å²) in [7, 11) is 1.72. The minimum Gasteiger partial charge on any atom is -0.483 e. The number of carbonyl (C=O) groups is 2. The van der Waals surface area contributed by atoms with Crippen molar-refractivity contribution in [2.24, 2.45) is 0 Å². The molecule has 0 spiro atoms. The summed E-state index contributed by atoms with van der Waals surface area (Å²) in [6, 6.07) is 14.8. The number of carbonyl (C=O) groups excluding carboxylic acids is 1. The zero-order valence-corrected chi connectivity index (χ0v) is 16.6. The third-order valence-electron chi connectivity index (χ3n) is 4.54. The molecule has 0 aliphatic rings. The summed E-state index contributed by atoms with van der Waals surface area (Å²) in [4.78, 5) is 24.5. The fourth-order valence-electron chi connectivity index (χ4n) is 2.69. The lowest BCUT2D eigenvalue weighted by Crippen LogP contribution is -2.31. The maximum absolute atomic E-state index is 12.4. The van der Waals surface area contributed by atoms with Crippen molar-refractivity contribution >= 4 is 11.9 Å². The van der Waals surface area contributed by atoms with Gasteiger partial charge >= 0.3 is 5.97 Å². The fraction of sp³-hybridized carbons (Fsp3) is 0.364. The normalized spacial score (nSPS) is 11.5. The van der Waals surface area contributed by atoms with E-state index in [-0.39, 0.29) is 19.1 Å². The number of rotatable bonds is 10. The summed E-state index contributed by atoms with van der Waals surface area (Å²) < 4.78 is 10.9. The highest BCUT2D eigenvalue weighted by Gasteiger charge is 2.14. The lowest BCUT2D eigenvalue weighted by Gasteiger charge is -2.19. The highest BCUT2D eigenvalue weighted by Crippen LogP contribution is 2.28. The zero-order valence-electron chi connectivity index (χ0n) is 16.6. The van der Waals surface area contributed by atoms with Crippen molar-refractivity contribution < 1.29 is 24.2 Å². The van der Waals surface area contributed by atoms with Crippen molar-refractivity contribution in [3.8, 4) is 11.5 Å². The summed E-state index contributed by atoms with van der Waals surface area (Å²) in [5, 5.41) is 8.62. The molecule has 28 heavy (non-hydrogen) atoms. The van der Waals surface area contributed by atoms with Crippen molar-refractivity contribution in [3.05, 3.63) is 59.7 Å². The van der Waals surface area contributed by atoms with Crippen LogP contribution in [0.3, 0.4) is 0 Å². The van der Waals surface area contributed by atoms with Crippen LogP contribution in [0.5, 0.6) is 11.5 Å². The maximum Gasteiger partial charge on any atom is 0.341 e. The van der Waals surface area contributed by atoms with Crippen LogP contribution < -0.4 is 9.47 Å². The maximum atomic E-state index is 12.4. The Labute approximate surface area is 165 Å². The Bertz CT molecular complexity index is 788. The number of aliphatic carboxylic acids is 1. The van der Waals surface area contributed by atoms with E-state index in [0.29, 0.717) is 18.2 Å². The third kappa shape index (κ3) is 6.30. The molecule has 2 aromatic rings. The molecule has 0 aliphatic heterocycles. The molecular weight excluding hydrogens is 358 g/mol. The second kappa shape index (κ2) is 10.3. The lowest BCUT2D eigenvalue weighted by molar-refractivity contribution is -0.139. The molecule has 1 unspecified atom stereocenters. The minimum atomic E-state index is -1.02. The largest absolute Gasteiger partial charge is 0.483 e. The van der Waals surface area contributed by atoms with Gasteiger partial charge in [0.2, 0.25) is 0 Å². The van der Waals surface area contributed by atoms with Crippen LogP contribution in [0.15, 0.2) is 48.5 Å². The van der Waals surface area contributed by atoms with Gasteiger partial charge in [0.1, 0.15) is 11.5 Å². The van der Waals surface area contributed by atoms with Crippen LogP contribution in [-0.2, 0) is 16.1 Å². The van der Waals surface area contributed by atoms with Crippen LogP contribution in [0.1, 0.15) is 37.3 Å². The molecule has 6 heteroatoms. The molecule has 6 nitrogen and oxygen atoms in total. The SMILES string of the molecule is CCC(C)c1ccccc1OCC(=O)N(C)Cc1ccc(OCC(=O)O)cc1. The van der Waals surface area contributed by atoms with Crippen molar-refractivity contribution in [3.63, 3.8) is 0 Å². The number of carboxylic acid groups (broad SMARTS) is 1. The standard InChI is InChI=1S/C22H27NO5/c1-4-16(2)19-7-5-6-8-20(19)28-14-21(24)23(3)13-17-9-11-18(12-10-17)27-15-22(25)26/h5-12,16H,4,13-15H2,1-3H3,(H,25,26). The van der Waals surface area contributed by atoms with Gasteiger partial charge in [0, 0.05) is 13.6 Å². The predicted molar refractivity (Wildman–Crippen MR) is 107 cm³/mol. The van der Waals surface area contributed by atoms with Gasteiger partial charge in [-0.2, -0.15) is 0 Å². The third-order valence-corrected chi connectivity index (χ3v) is 4.54. The Morgan fingerprint density at radius 1 is 1.04 bits per heavy atom. The van der Waals surface area contributed by atoms with E-state index in [1.165, 1.54) is 0 Å². The van der Waals surface area contributed by atoms with E-state index < -0.39 is 5.97 Å². The number of ether oxygens (including phenoxy) is 2. The van der Waals surface area contributed by atoms with Crippen LogP contribution in [0.25, 0.3) is 0 Å². The number of para-hydroxylation sites is 1. The highest BCUT2D eigenvalue weighted by molar-refractivity contribution is 5.77. The Balaban J connectivity index is 1.89. The van der Waals surface area contributed by atoms with Crippen LogP contribution in [-0.4, -0.2) is 42.1 Å². The minimum absolute atomic E-state index is 0.0241. The molecule has 2 aromatic carbocycles. The molecule has 0 fully saturated rings. The summed E-state index contributed by atoms with van der Waals surface area (Å²) in [5.74, 6) is 0.448. The Morgan fingerprint density at radius 3 is 2.36 bits per heavy atom. The first-order chi connectivity index (χ1) is 13.4. The molecule has 1 N–H and O–H groups in total. The van der Waals surface area contributed by atoms with E-state index in [1.54, 1.807) is 36.2 Å². The van der Waals surface area contributed by atoms with Gasteiger partial charge in [-0.25, -0.2) is 4.79 Å². The van der Waals surface area contributed by atoms with Crippen LogP contribution in [0, 0.1) is 0 Å². The Kier molecular flexibility index (Phi) is 7.87. The van der Waals surface area contributed by atoms with Crippen molar-refractivity contribution in [1.82, 2.24) is 4.90 Å². The average Bonchev–Trinajstić information content (AvgIpc) is 2.71. The van der Waals surface area contributed by atoms with Gasteiger partial charge in [-0.3, -0.25) is 4.79 Å². The Morgan fingerprint density at radius 2 is 1.71 bits per heavy atom. The highest BCUT2D eigenvalue weighted by atomic mass is 16.5. The topological polar surface area (TPSA) is 76.1 Å². The molecule has 0 aliphatic carbocycles. The Hall–Kier alpha value is -3.02. The molecular formula is C22H27NO5. The van der Waals surface area contributed by atoms with E-state index in [4.69, 9.17) is 14.6 Å². The second-order valence-corrected chi connectivity index (χ2v) is 6.71. The number of benzene rings is 2. The molecule has 0 saturated carbocycles. The number of nitrogens with zero attached hydrogens (tertiary/aromatic N) is 1.